The predicted molar refractivity (Wildman–Crippen MR) is 81.9 cm³/mol. The van der Waals surface area contributed by atoms with Crippen molar-refractivity contribution in [2.24, 2.45) is 5.73 Å². The lowest BCUT2D eigenvalue weighted by atomic mass is 9.95. The average Bonchev–Trinajstić information content (AvgIpc) is 2.43. The van der Waals surface area contributed by atoms with Crippen LogP contribution in [0.15, 0.2) is 24.3 Å². The van der Waals surface area contributed by atoms with E-state index >= 15 is 0 Å². The Kier molecular flexibility index (Phi) is 6.02. The Hall–Kier alpha value is -1.55. The van der Waals surface area contributed by atoms with Crippen LogP contribution < -0.4 is 15.8 Å². The number of ether oxygens (including phenoxy) is 1. The minimum absolute atomic E-state index is 0.331. The highest BCUT2D eigenvalue weighted by Gasteiger charge is 2.28. The number of hydrogen-bond donors (Lipinski definition) is 2. The van der Waals surface area contributed by atoms with E-state index in [0.717, 1.165) is 12.2 Å². The summed E-state index contributed by atoms with van der Waals surface area (Å²) in [7, 11) is 1.75. The van der Waals surface area contributed by atoms with Gasteiger partial charge < -0.3 is 15.8 Å². The molecule has 0 aliphatic carbocycles. The first-order valence-corrected chi connectivity index (χ1v) is 7.11. The second-order valence-corrected chi connectivity index (χ2v) is 5.59. The highest BCUT2D eigenvalue weighted by atomic mass is 16.5. The van der Waals surface area contributed by atoms with Gasteiger partial charge in [0.15, 0.2) is 0 Å². The molecule has 4 heteroatoms. The van der Waals surface area contributed by atoms with Gasteiger partial charge in [-0.1, -0.05) is 32.0 Å². The van der Waals surface area contributed by atoms with Crippen LogP contribution in [-0.2, 0) is 4.79 Å². The van der Waals surface area contributed by atoms with E-state index in [4.69, 9.17) is 10.5 Å². The number of likely N-dealkylation sites (N-methyl/N-ethyl adjacent to an activating group) is 1. The third-order valence-corrected chi connectivity index (χ3v) is 3.72. The maximum atomic E-state index is 11.4. The third kappa shape index (κ3) is 4.23. The number of para-hydroxylation sites is 1. The van der Waals surface area contributed by atoms with Gasteiger partial charge in [-0.15, -0.1) is 0 Å². The minimum Gasteiger partial charge on any atom is -0.493 e. The second kappa shape index (κ2) is 7.29. The molecule has 1 amide bonds. The molecule has 1 unspecified atom stereocenters. The molecule has 20 heavy (non-hydrogen) atoms. The molecule has 0 aliphatic heterocycles. The van der Waals surface area contributed by atoms with E-state index in [-0.39, 0.29) is 5.91 Å². The number of nitrogens with one attached hydrogen (secondary N) is 1. The molecule has 0 saturated carbocycles. The van der Waals surface area contributed by atoms with Gasteiger partial charge in [-0.2, -0.15) is 0 Å². The Morgan fingerprint density at radius 3 is 2.60 bits per heavy atom. The molecule has 4 nitrogen and oxygen atoms in total. The Morgan fingerprint density at radius 2 is 2.05 bits per heavy atom. The summed E-state index contributed by atoms with van der Waals surface area (Å²) in [6.45, 7) is 6.69. The SMILES string of the molecule is CNC(C)(CCCOc1ccccc1C(C)C)C(N)=O. The summed E-state index contributed by atoms with van der Waals surface area (Å²) >= 11 is 0. The first kappa shape index (κ1) is 16.5. The Labute approximate surface area is 121 Å². The molecule has 0 fully saturated rings. The first-order valence-electron chi connectivity index (χ1n) is 7.11. The second-order valence-electron chi connectivity index (χ2n) is 5.59. The summed E-state index contributed by atoms with van der Waals surface area (Å²) in [4.78, 5) is 11.4. The zero-order valence-electron chi connectivity index (χ0n) is 12.9. The van der Waals surface area contributed by atoms with E-state index in [9.17, 15) is 4.79 Å². The molecule has 0 radical (unpaired) electrons. The molecule has 0 aromatic heterocycles. The average molecular weight is 278 g/mol. The fraction of sp³-hybridized carbons (Fsp3) is 0.562. The largest absolute Gasteiger partial charge is 0.493 e. The fourth-order valence-corrected chi connectivity index (χ4v) is 2.07. The Balaban J connectivity index is 2.52. The van der Waals surface area contributed by atoms with Crippen LogP contribution >= 0.6 is 0 Å². The zero-order chi connectivity index (χ0) is 15.2. The topological polar surface area (TPSA) is 64.3 Å². The number of primary amides is 1. The molecule has 0 aliphatic rings. The highest BCUT2D eigenvalue weighted by Crippen LogP contribution is 2.26. The van der Waals surface area contributed by atoms with Crippen molar-refractivity contribution in [3.63, 3.8) is 0 Å². The lowest BCUT2D eigenvalue weighted by Crippen LogP contribution is -2.51. The van der Waals surface area contributed by atoms with Crippen molar-refractivity contribution in [3.05, 3.63) is 29.8 Å². The molecular formula is C16H26N2O2. The van der Waals surface area contributed by atoms with Crippen LogP contribution in [-0.4, -0.2) is 25.1 Å². The molecule has 1 atom stereocenters. The molecule has 0 saturated heterocycles. The quantitative estimate of drug-likeness (QED) is 0.718. The lowest BCUT2D eigenvalue weighted by molar-refractivity contribution is -0.123. The lowest BCUT2D eigenvalue weighted by Gasteiger charge is -2.25. The summed E-state index contributed by atoms with van der Waals surface area (Å²) in [5.74, 6) is 1.02. The number of hydrogen-bond acceptors (Lipinski definition) is 3. The molecule has 1 aromatic rings. The van der Waals surface area contributed by atoms with Crippen molar-refractivity contribution in [2.45, 2.75) is 45.1 Å². The van der Waals surface area contributed by atoms with E-state index in [1.165, 1.54) is 5.56 Å². The van der Waals surface area contributed by atoms with Crippen molar-refractivity contribution in [3.8, 4) is 5.75 Å². The number of nitrogens with two attached hydrogens (primary N) is 1. The van der Waals surface area contributed by atoms with Gasteiger partial charge in [-0.25, -0.2) is 0 Å². The van der Waals surface area contributed by atoms with Gasteiger partial charge in [0, 0.05) is 0 Å². The number of benzene rings is 1. The predicted octanol–water partition coefficient (Wildman–Crippen LogP) is 2.43. The van der Waals surface area contributed by atoms with Crippen LogP contribution in [0, 0.1) is 0 Å². The molecule has 112 valence electrons. The summed E-state index contributed by atoms with van der Waals surface area (Å²) < 4.78 is 5.84. The van der Waals surface area contributed by atoms with Gasteiger partial charge in [0.2, 0.25) is 5.91 Å². The van der Waals surface area contributed by atoms with Gasteiger partial charge in [0.1, 0.15) is 5.75 Å². The van der Waals surface area contributed by atoms with Crippen LogP contribution in [0.3, 0.4) is 0 Å². The Morgan fingerprint density at radius 1 is 1.40 bits per heavy atom. The van der Waals surface area contributed by atoms with E-state index < -0.39 is 5.54 Å². The minimum atomic E-state index is -0.666. The van der Waals surface area contributed by atoms with Crippen molar-refractivity contribution < 1.29 is 9.53 Å². The molecule has 0 spiro atoms. The van der Waals surface area contributed by atoms with Gasteiger partial charge in [-0.3, -0.25) is 4.79 Å². The van der Waals surface area contributed by atoms with Gasteiger partial charge in [0.05, 0.1) is 12.1 Å². The van der Waals surface area contributed by atoms with E-state index in [1.54, 1.807) is 7.05 Å². The van der Waals surface area contributed by atoms with Crippen molar-refractivity contribution in [2.75, 3.05) is 13.7 Å². The third-order valence-electron chi connectivity index (χ3n) is 3.72. The number of carbonyl (C=O) groups is 1. The van der Waals surface area contributed by atoms with Crippen LogP contribution in [0.1, 0.15) is 45.1 Å². The van der Waals surface area contributed by atoms with Crippen LogP contribution in [0.4, 0.5) is 0 Å². The van der Waals surface area contributed by atoms with Crippen molar-refractivity contribution in [1.29, 1.82) is 0 Å². The van der Waals surface area contributed by atoms with Crippen molar-refractivity contribution in [1.82, 2.24) is 5.32 Å². The summed E-state index contributed by atoms with van der Waals surface area (Å²) in [5, 5.41) is 2.98. The summed E-state index contributed by atoms with van der Waals surface area (Å²) in [6.07, 6.45) is 1.43. The summed E-state index contributed by atoms with van der Waals surface area (Å²) in [6, 6.07) is 8.07. The molecule has 1 aromatic carbocycles. The normalized spacial score (nSPS) is 14.1. The standard InChI is InChI=1S/C16H26N2O2/c1-12(2)13-8-5-6-9-14(13)20-11-7-10-16(3,18-4)15(17)19/h5-6,8-9,12,18H,7,10-11H2,1-4H3,(H2,17,19). The summed E-state index contributed by atoms with van der Waals surface area (Å²) in [5.41, 5.74) is 5.94. The monoisotopic (exact) mass is 278 g/mol. The van der Waals surface area contributed by atoms with Crippen LogP contribution in [0.2, 0.25) is 0 Å². The smallest absolute Gasteiger partial charge is 0.237 e. The zero-order valence-corrected chi connectivity index (χ0v) is 12.9. The van der Waals surface area contributed by atoms with Crippen LogP contribution in [0.25, 0.3) is 0 Å². The molecule has 3 N–H and O–H groups in total. The van der Waals surface area contributed by atoms with Gasteiger partial charge >= 0.3 is 0 Å². The molecular weight excluding hydrogens is 252 g/mol. The van der Waals surface area contributed by atoms with Crippen molar-refractivity contribution >= 4 is 5.91 Å². The maximum absolute atomic E-state index is 11.4. The Bertz CT molecular complexity index is 446. The van der Waals surface area contributed by atoms with Gasteiger partial charge in [0.25, 0.3) is 0 Å². The van der Waals surface area contributed by atoms with Crippen LogP contribution in [0.5, 0.6) is 5.75 Å². The number of carbonyl (C=O) groups excluding carboxylic acids is 1. The number of rotatable bonds is 8. The molecule has 0 bridgehead atoms. The fourth-order valence-electron chi connectivity index (χ4n) is 2.07. The first-order chi connectivity index (χ1) is 9.40. The molecule has 0 heterocycles. The molecule has 1 rings (SSSR count). The maximum Gasteiger partial charge on any atom is 0.237 e. The van der Waals surface area contributed by atoms with Gasteiger partial charge in [-0.05, 0) is 44.4 Å². The number of amides is 1. The highest BCUT2D eigenvalue weighted by molar-refractivity contribution is 5.84. The van der Waals surface area contributed by atoms with E-state index in [1.807, 2.05) is 25.1 Å². The van der Waals surface area contributed by atoms with E-state index in [2.05, 4.69) is 25.2 Å². The van der Waals surface area contributed by atoms with E-state index in [0.29, 0.717) is 18.9 Å².